The summed E-state index contributed by atoms with van der Waals surface area (Å²) < 4.78 is 5.09. The predicted molar refractivity (Wildman–Crippen MR) is 64.9 cm³/mol. The van der Waals surface area contributed by atoms with Crippen molar-refractivity contribution in [2.75, 3.05) is 23.9 Å². The Kier molecular flexibility index (Phi) is 2.91. The van der Waals surface area contributed by atoms with E-state index in [1.54, 1.807) is 18.3 Å². The Balaban J connectivity index is 2.28. The molecule has 0 unspecified atom stereocenters. The molecule has 0 radical (unpaired) electrons. The minimum Gasteiger partial charge on any atom is -0.480 e. The van der Waals surface area contributed by atoms with E-state index in [2.05, 4.69) is 20.3 Å². The lowest BCUT2D eigenvalue weighted by molar-refractivity contribution is 0.400. The maximum atomic E-state index is 5.58. The summed E-state index contributed by atoms with van der Waals surface area (Å²) in [5.74, 6) is 1.01. The van der Waals surface area contributed by atoms with Crippen LogP contribution in [0.25, 0.3) is 0 Å². The van der Waals surface area contributed by atoms with E-state index in [1.807, 2.05) is 0 Å². The van der Waals surface area contributed by atoms with Gasteiger partial charge in [-0.05, 0) is 12.1 Å². The number of pyridine rings is 1. The molecule has 0 aliphatic rings. The van der Waals surface area contributed by atoms with Crippen LogP contribution < -0.4 is 21.5 Å². The average Bonchev–Trinajstić information content (AvgIpc) is 2.34. The molecule has 0 saturated heterocycles. The third kappa shape index (κ3) is 2.33. The number of nitrogens with zero attached hydrogens (tertiary/aromatic N) is 3. The highest BCUT2D eigenvalue weighted by atomic mass is 16.5. The normalized spacial score (nSPS) is 9.94. The third-order valence-electron chi connectivity index (χ3n) is 2.06. The number of hydrogen-bond acceptors (Lipinski definition) is 7. The molecule has 2 rings (SSSR count). The number of ether oxygens (including phenoxy) is 1. The molecule has 17 heavy (non-hydrogen) atoms. The topological polar surface area (TPSA) is 112 Å². The molecular weight excluding hydrogens is 220 g/mol. The molecule has 0 bridgehead atoms. The van der Waals surface area contributed by atoms with Crippen molar-refractivity contribution in [3.63, 3.8) is 0 Å². The first-order valence-electron chi connectivity index (χ1n) is 4.84. The standard InChI is InChI=1S/C10H12N6O/c1-17-9-7(3-2-4-13-9)15-10-14-5-6(11)8(12)16-10/h2-5H,11H2,1H3,(H3,12,14,15,16). The molecule has 7 heteroatoms. The van der Waals surface area contributed by atoms with Crippen LogP contribution in [0.15, 0.2) is 24.5 Å². The van der Waals surface area contributed by atoms with Crippen LogP contribution >= 0.6 is 0 Å². The SMILES string of the molecule is COc1ncccc1Nc1ncc(N)c(N)n1. The molecule has 5 N–H and O–H groups in total. The molecule has 0 fully saturated rings. The number of anilines is 4. The van der Waals surface area contributed by atoms with Crippen LogP contribution in [0, 0.1) is 0 Å². The molecule has 0 aliphatic carbocycles. The summed E-state index contributed by atoms with van der Waals surface area (Å²) in [5, 5.41) is 2.95. The smallest absolute Gasteiger partial charge is 0.237 e. The highest BCUT2D eigenvalue weighted by Gasteiger charge is 2.06. The van der Waals surface area contributed by atoms with Gasteiger partial charge in [0.15, 0.2) is 5.82 Å². The fourth-order valence-electron chi connectivity index (χ4n) is 1.23. The van der Waals surface area contributed by atoms with E-state index in [9.17, 15) is 0 Å². The van der Waals surface area contributed by atoms with Crippen LogP contribution in [0.1, 0.15) is 0 Å². The van der Waals surface area contributed by atoms with E-state index in [0.29, 0.717) is 23.2 Å². The van der Waals surface area contributed by atoms with Crippen LogP contribution in [0.3, 0.4) is 0 Å². The van der Waals surface area contributed by atoms with Crippen molar-refractivity contribution in [3.05, 3.63) is 24.5 Å². The van der Waals surface area contributed by atoms with Crippen molar-refractivity contribution in [1.82, 2.24) is 15.0 Å². The number of nitrogens with two attached hydrogens (primary N) is 2. The van der Waals surface area contributed by atoms with Gasteiger partial charge in [0.1, 0.15) is 5.69 Å². The minimum atomic E-state index is 0.227. The molecule has 0 aromatic carbocycles. The molecule has 2 aromatic rings. The average molecular weight is 232 g/mol. The fraction of sp³-hybridized carbons (Fsp3) is 0.100. The monoisotopic (exact) mass is 232 g/mol. The van der Waals surface area contributed by atoms with Gasteiger partial charge < -0.3 is 21.5 Å². The van der Waals surface area contributed by atoms with E-state index in [4.69, 9.17) is 16.2 Å². The zero-order valence-corrected chi connectivity index (χ0v) is 9.21. The van der Waals surface area contributed by atoms with Crippen molar-refractivity contribution in [1.29, 1.82) is 0 Å². The Bertz CT molecular complexity index is 530. The third-order valence-corrected chi connectivity index (χ3v) is 2.06. The molecule has 0 amide bonds. The lowest BCUT2D eigenvalue weighted by atomic mass is 10.4. The molecule has 0 atom stereocenters. The molecular formula is C10H12N6O. The Morgan fingerprint density at radius 1 is 1.29 bits per heavy atom. The molecule has 0 aliphatic heterocycles. The van der Waals surface area contributed by atoms with Crippen molar-refractivity contribution in [2.24, 2.45) is 0 Å². The lowest BCUT2D eigenvalue weighted by Gasteiger charge is -2.08. The summed E-state index contributed by atoms with van der Waals surface area (Å²) in [5.41, 5.74) is 12.1. The number of methoxy groups -OCH3 is 1. The molecule has 7 nitrogen and oxygen atoms in total. The first-order chi connectivity index (χ1) is 8.20. The number of hydrogen-bond donors (Lipinski definition) is 3. The second-order valence-corrected chi connectivity index (χ2v) is 3.22. The van der Waals surface area contributed by atoms with Gasteiger partial charge in [-0.15, -0.1) is 0 Å². The van der Waals surface area contributed by atoms with Gasteiger partial charge in [-0.25, -0.2) is 9.97 Å². The maximum absolute atomic E-state index is 5.58. The van der Waals surface area contributed by atoms with E-state index in [1.165, 1.54) is 13.3 Å². The molecule has 2 heterocycles. The van der Waals surface area contributed by atoms with Gasteiger partial charge in [0.05, 0.1) is 19.0 Å². The highest BCUT2D eigenvalue weighted by Crippen LogP contribution is 2.23. The summed E-state index contributed by atoms with van der Waals surface area (Å²) in [6.45, 7) is 0. The minimum absolute atomic E-state index is 0.227. The van der Waals surface area contributed by atoms with Gasteiger partial charge in [0.25, 0.3) is 0 Å². The van der Waals surface area contributed by atoms with E-state index in [-0.39, 0.29) is 5.82 Å². The Morgan fingerprint density at radius 2 is 2.12 bits per heavy atom. The summed E-state index contributed by atoms with van der Waals surface area (Å²) in [7, 11) is 1.53. The molecule has 2 aromatic heterocycles. The molecule has 0 saturated carbocycles. The van der Waals surface area contributed by atoms with Crippen molar-refractivity contribution < 1.29 is 4.74 Å². The molecule has 0 spiro atoms. The van der Waals surface area contributed by atoms with Gasteiger partial charge in [0, 0.05) is 6.20 Å². The Morgan fingerprint density at radius 3 is 2.82 bits per heavy atom. The Hall–Kier alpha value is -2.57. The fourth-order valence-corrected chi connectivity index (χ4v) is 1.23. The zero-order chi connectivity index (χ0) is 12.3. The van der Waals surface area contributed by atoms with Gasteiger partial charge in [-0.1, -0.05) is 0 Å². The van der Waals surface area contributed by atoms with Crippen molar-refractivity contribution >= 4 is 23.1 Å². The van der Waals surface area contributed by atoms with Crippen LogP contribution in [0.4, 0.5) is 23.1 Å². The predicted octanol–water partition coefficient (Wildman–Crippen LogP) is 0.788. The van der Waals surface area contributed by atoms with Gasteiger partial charge in [-0.3, -0.25) is 0 Å². The Labute approximate surface area is 97.9 Å². The van der Waals surface area contributed by atoms with E-state index >= 15 is 0 Å². The number of aromatic nitrogens is 3. The number of nitrogens with one attached hydrogen (secondary N) is 1. The quantitative estimate of drug-likeness (QED) is 0.717. The van der Waals surface area contributed by atoms with Crippen LogP contribution in [-0.2, 0) is 0 Å². The first kappa shape index (κ1) is 10.9. The summed E-state index contributed by atoms with van der Waals surface area (Å²) in [4.78, 5) is 12.0. The molecule has 88 valence electrons. The van der Waals surface area contributed by atoms with Crippen LogP contribution in [0.5, 0.6) is 5.88 Å². The second kappa shape index (κ2) is 4.52. The summed E-state index contributed by atoms with van der Waals surface area (Å²) in [6, 6.07) is 3.56. The first-order valence-corrected chi connectivity index (χ1v) is 4.84. The number of rotatable bonds is 3. The largest absolute Gasteiger partial charge is 0.480 e. The van der Waals surface area contributed by atoms with Gasteiger partial charge in [0.2, 0.25) is 11.8 Å². The van der Waals surface area contributed by atoms with Crippen molar-refractivity contribution in [2.45, 2.75) is 0 Å². The summed E-state index contributed by atoms with van der Waals surface area (Å²) in [6.07, 6.45) is 3.07. The second-order valence-electron chi connectivity index (χ2n) is 3.22. The van der Waals surface area contributed by atoms with Crippen LogP contribution in [0.2, 0.25) is 0 Å². The van der Waals surface area contributed by atoms with Crippen molar-refractivity contribution in [3.8, 4) is 5.88 Å². The maximum Gasteiger partial charge on any atom is 0.237 e. The van der Waals surface area contributed by atoms with Gasteiger partial charge in [-0.2, -0.15) is 4.98 Å². The van der Waals surface area contributed by atoms with E-state index < -0.39 is 0 Å². The van der Waals surface area contributed by atoms with Crippen LogP contribution in [-0.4, -0.2) is 22.1 Å². The van der Waals surface area contributed by atoms with E-state index in [0.717, 1.165) is 0 Å². The van der Waals surface area contributed by atoms with Gasteiger partial charge >= 0.3 is 0 Å². The zero-order valence-electron chi connectivity index (χ0n) is 9.21. The number of nitrogen functional groups attached to an aromatic ring is 2. The lowest BCUT2D eigenvalue weighted by Crippen LogP contribution is -2.04. The summed E-state index contributed by atoms with van der Waals surface area (Å²) >= 11 is 0. The highest BCUT2D eigenvalue weighted by molar-refractivity contribution is 5.63.